The third-order valence-electron chi connectivity index (χ3n) is 6.94. The van der Waals surface area contributed by atoms with Gasteiger partial charge in [0.05, 0.1) is 11.0 Å². The number of rotatable bonds is 9. The fourth-order valence-corrected chi connectivity index (χ4v) is 4.69. The molecule has 0 aliphatic heterocycles. The molecule has 1 aliphatic carbocycles. The summed E-state index contributed by atoms with van der Waals surface area (Å²) in [7, 11) is 0. The highest BCUT2D eigenvalue weighted by Gasteiger charge is 2.47. The van der Waals surface area contributed by atoms with Crippen LogP contribution in [0.5, 0.6) is 5.75 Å². The van der Waals surface area contributed by atoms with Crippen LogP contribution in [0, 0.1) is 11.3 Å². The predicted octanol–water partition coefficient (Wildman–Crippen LogP) is 5.22. The molecule has 2 aromatic rings. The molecule has 1 amide bonds. The minimum Gasteiger partial charge on any atom is -0.431 e. The van der Waals surface area contributed by atoms with Gasteiger partial charge in [0, 0.05) is 19.2 Å². The molecule has 1 aliphatic rings. The highest BCUT2D eigenvalue weighted by atomic mass is 35.5. The van der Waals surface area contributed by atoms with Crippen molar-refractivity contribution in [1.82, 2.24) is 19.9 Å². The molecule has 2 aromatic heterocycles. The minimum atomic E-state index is -4.54. The van der Waals surface area contributed by atoms with Crippen LogP contribution >= 0.6 is 11.6 Å². The molecule has 230 valence electrons. The smallest absolute Gasteiger partial charge is 0.394 e. The van der Waals surface area contributed by atoms with Crippen molar-refractivity contribution in [2.24, 2.45) is 11.3 Å². The third-order valence-corrected chi connectivity index (χ3v) is 7.28. The lowest BCUT2D eigenvalue weighted by atomic mass is 9.79. The van der Waals surface area contributed by atoms with Crippen molar-refractivity contribution in [3.8, 4) is 11.6 Å². The van der Waals surface area contributed by atoms with Crippen molar-refractivity contribution in [2.45, 2.75) is 84.6 Å². The van der Waals surface area contributed by atoms with Gasteiger partial charge in [0.25, 0.3) is 5.91 Å². The van der Waals surface area contributed by atoms with Crippen molar-refractivity contribution in [3.05, 3.63) is 34.5 Å². The summed E-state index contributed by atoms with van der Waals surface area (Å²) in [5.74, 6) is -0.740. The molecule has 2 N–H and O–H groups in total. The number of carbonyl (C=O) groups is 1. The lowest BCUT2D eigenvalue weighted by Crippen LogP contribution is -2.45. The lowest BCUT2D eigenvalue weighted by Gasteiger charge is -2.34. The van der Waals surface area contributed by atoms with E-state index in [-0.39, 0.29) is 41.0 Å². The highest BCUT2D eigenvalue weighted by Crippen LogP contribution is 2.41. The topological polar surface area (TPSA) is 123 Å². The van der Waals surface area contributed by atoms with E-state index in [1.165, 1.54) is 0 Å². The van der Waals surface area contributed by atoms with E-state index in [9.17, 15) is 31.9 Å². The van der Waals surface area contributed by atoms with Crippen LogP contribution in [0.15, 0.2) is 12.3 Å². The van der Waals surface area contributed by atoms with Crippen LogP contribution in [0.2, 0.25) is 5.15 Å². The minimum absolute atomic E-state index is 0.00905. The molecule has 9 nitrogen and oxygen atoms in total. The molecule has 0 spiro atoms. The van der Waals surface area contributed by atoms with Crippen molar-refractivity contribution in [2.75, 3.05) is 6.54 Å². The van der Waals surface area contributed by atoms with Gasteiger partial charge in [0.1, 0.15) is 11.0 Å². The summed E-state index contributed by atoms with van der Waals surface area (Å²) in [5.41, 5.74) is -3.38. The Kier molecular flexibility index (Phi) is 11.8. The van der Waals surface area contributed by atoms with Crippen molar-refractivity contribution in [3.63, 3.8) is 0 Å². The summed E-state index contributed by atoms with van der Waals surface area (Å²) in [5, 5.41) is 13.2. The summed E-state index contributed by atoms with van der Waals surface area (Å²) in [6.07, 6.45) is -1.00. The second-order valence-electron chi connectivity index (χ2n) is 10.6. The summed E-state index contributed by atoms with van der Waals surface area (Å²) < 4.78 is 89.0. The number of imidazole rings is 1. The fraction of sp³-hybridized carbons (Fsp3) is 0.640. The Hall–Kier alpha value is -2.65. The van der Waals surface area contributed by atoms with Gasteiger partial charge in [0.15, 0.2) is 17.3 Å². The number of carbonyl (C=O) groups excluding carboxylic acids is 1. The van der Waals surface area contributed by atoms with Crippen molar-refractivity contribution < 1.29 is 45.0 Å². The number of aliphatic hydroxyl groups is 1. The number of amides is 1. The van der Waals surface area contributed by atoms with Gasteiger partial charge >= 0.3 is 24.4 Å². The third kappa shape index (κ3) is 8.92. The second kappa shape index (κ2) is 14.0. The van der Waals surface area contributed by atoms with E-state index in [0.29, 0.717) is 18.8 Å². The van der Waals surface area contributed by atoms with Crippen LogP contribution in [0.1, 0.15) is 75.3 Å². The molecular formula is C25H32ClF5N4O5S. The van der Waals surface area contributed by atoms with E-state index in [1.54, 1.807) is 6.92 Å². The Morgan fingerprint density at radius 3 is 2.39 bits per heavy atom. The molecule has 0 radical (unpaired) electrons. The summed E-state index contributed by atoms with van der Waals surface area (Å²) in [6.45, 7) is 2.47. The van der Waals surface area contributed by atoms with E-state index in [1.807, 2.05) is 0 Å². The van der Waals surface area contributed by atoms with Gasteiger partial charge in [-0.25, -0.2) is 9.97 Å². The molecule has 3 rings (SSSR count). The Balaban J connectivity index is 0.00000187. The van der Waals surface area contributed by atoms with Gasteiger partial charge in [-0.3, -0.25) is 9.36 Å². The fourth-order valence-electron chi connectivity index (χ4n) is 4.38. The van der Waals surface area contributed by atoms with E-state index in [0.717, 1.165) is 43.5 Å². The van der Waals surface area contributed by atoms with Crippen molar-refractivity contribution in [1.29, 1.82) is 0 Å². The number of halogens is 6. The molecule has 0 bridgehead atoms. The van der Waals surface area contributed by atoms with E-state index in [2.05, 4.69) is 26.9 Å². The van der Waals surface area contributed by atoms with Crippen LogP contribution in [0.25, 0.3) is 5.82 Å². The number of nitrogens with one attached hydrogen (secondary N) is 1. The van der Waals surface area contributed by atoms with Gasteiger partial charge in [-0.2, -0.15) is 30.4 Å². The van der Waals surface area contributed by atoms with Crippen LogP contribution < -0.4 is 10.1 Å². The lowest BCUT2D eigenvalue weighted by molar-refractivity contribution is -0.211. The zero-order chi connectivity index (χ0) is 31.2. The first-order chi connectivity index (χ1) is 19.0. The molecule has 0 unspecified atom stereocenters. The molecule has 1 saturated carbocycles. The molecule has 0 saturated heterocycles. The maximum atomic E-state index is 13.4. The Bertz CT molecular complexity index is 1240. The van der Waals surface area contributed by atoms with Crippen LogP contribution in [-0.4, -0.2) is 58.9 Å². The maximum absolute atomic E-state index is 13.4. The molecule has 2 heterocycles. The number of aromatic nitrogens is 3. The Morgan fingerprint density at radius 1 is 1.29 bits per heavy atom. The second-order valence-corrected chi connectivity index (χ2v) is 11.1. The number of aryl methyl sites for hydroxylation is 1. The summed E-state index contributed by atoms with van der Waals surface area (Å²) >= 11 is 5.72. The first kappa shape index (κ1) is 34.6. The highest BCUT2D eigenvalue weighted by molar-refractivity contribution is 7.51. The first-order valence-corrected chi connectivity index (χ1v) is 13.7. The number of pyridine rings is 1. The molecule has 16 heteroatoms. The molecule has 41 heavy (non-hydrogen) atoms. The number of hydrogen-bond acceptors (Lipinski definition) is 7. The van der Waals surface area contributed by atoms with E-state index >= 15 is 0 Å². The SMILES string of the molecule is CCc1nc(C(=O)NCC2(O)CCC(C)CC2)c(Cl)n1-c1ncc(CC(C)(C)C(F)(F)F)cc1OC(F)F.O=S=O. The van der Waals surface area contributed by atoms with Gasteiger partial charge in [-0.05, 0) is 49.7 Å². The molecule has 1 fully saturated rings. The standard InChI is InChI=1S/C25H32ClF5N4O3.O2S/c1-5-17-34-18(21(36)33-13-24(37)8-6-14(2)7-9-24)19(26)35(17)20-16(38-22(27)28)10-15(12-32-20)11-23(3,4)25(29,30)31;1-3-2/h10,12,14,22,37H,5-9,11,13H2,1-4H3,(H,33,36);. The largest absolute Gasteiger partial charge is 0.431 e. The predicted molar refractivity (Wildman–Crippen MR) is 140 cm³/mol. The number of hydrogen-bond donors (Lipinski definition) is 2. The van der Waals surface area contributed by atoms with E-state index in [4.69, 9.17) is 20.0 Å². The van der Waals surface area contributed by atoms with E-state index < -0.39 is 53.5 Å². The van der Waals surface area contributed by atoms with Crippen molar-refractivity contribution >= 4 is 29.1 Å². The average Bonchev–Trinajstić information content (AvgIpc) is 3.20. The number of ether oxygens (including phenoxy) is 1. The van der Waals surface area contributed by atoms with Crippen LogP contribution in [-0.2, 0) is 24.4 Å². The summed E-state index contributed by atoms with van der Waals surface area (Å²) in [6, 6.07) is 1.05. The molecular weight excluding hydrogens is 599 g/mol. The van der Waals surface area contributed by atoms with Gasteiger partial charge in [0.2, 0.25) is 0 Å². The van der Waals surface area contributed by atoms with Crippen LogP contribution in [0.4, 0.5) is 22.0 Å². The monoisotopic (exact) mass is 630 g/mol. The summed E-state index contributed by atoms with van der Waals surface area (Å²) in [4.78, 5) is 21.3. The Labute approximate surface area is 242 Å². The first-order valence-electron chi connectivity index (χ1n) is 12.7. The van der Waals surface area contributed by atoms with Gasteiger partial charge < -0.3 is 15.2 Å². The average molecular weight is 631 g/mol. The number of alkyl halides is 5. The maximum Gasteiger partial charge on any atom is 0.394 e. The quantitative estimate of drug-likeness (QED) is 0.364. The normalized spacial score (nSPS) is 19.4. The zero-order valence-electron chi connectivity index (χ0n) is 22.9. The Morgan fingerprint density at radius 2 is 1.88 bits per heavy atom. The molecule has 0 aromatic carbocycles. The number of nitrogens with zero attached hydrogens (tertiary/aromatic N) is 3. The zero-order valence-corrected chi connectivity index (χ0v) is 24.4. The molecule has 0 atom stereocenters. The van der Waals surface area contributed by atoms with Gasteiger partial charge in [-0.1, -0.05) is 39.3 Å². The van der Waals surface area contributed by atoms with Crippen LogP contribution in [0.3, 0.4) is 0 Å². The van der Waals surface area contributed by atoms with Gasteiger partial charge in [-0.15, -0.1) is 0 Å².